The van der Waals surface area contributed by atoms with Gasteiger partial charge in [0.25, 0.3) is 0 Å². The Labute approximate surface area is 206 Å². The van der Waals surface area contributed by atoms with Crippen molar-refractivity contribution in [1.82, 2.24) is 20.7 Å². The summed E-state index contributed by atoms with van der Waals surface area (Å²) in [7, 11) is 0. The van der Waals surface area contributed by atoms with E-state index < -0.39 is 0 Å². The van der Waals surface area contributed by atoms with Gasteiger partial charge in [0.2, 0.25) is 0 Å². The Morgan fingerprint density at radius 1 is 1.03 bits per heavy atom. The van der Waals surface area contributed by atoms with E-state index in [1.54, 1.807) is 0 Å². The predicted octanol–water partition coefficient (Wildman–Crippen LogP) is 5.47. The van der Waals surface area contributed by atoms with Crippen molar-refractivity contribution in [3.8, 4) is 11.1 Å². The van der Waals surface area contributed by atoms with Gasteiger partial charge in [-0.2, -0.15) is 5.10 Å². The molecule has 2 aliphatic heterocycles. The maximum atomic E-state index is 4.78. The molecule has 1 saturated carbocycles. The third-order valence-electron chi connectivity index (χ3n) is 7.18. The lowest BCUT2D eigenvalue weighted by Crippen LogP contribution is -2.22. The van der Waals surface area contributed by atoms with Crippen LogP contribution in [0.3, 0.4) is 0 Å². The molecule has 0 unspecified atom stereocenters. The molecule has 35 heavy (non-hydrogen) atoms. The summed E-state index contributed by atoms with van der Waals surface area (Å²) in [4.78, 5) is 8.21. The summed E-state index contributed by atoms with van der Waals surface area (Å²) in [6, 6.07) is 13.6. The molecule has 1 aromatic heterocycles. The standard InChI is InChI=1S/C29H32N6/c1-19-12-21(17-30-16-20-6-2-3-7-20)14-24(13-19)22-9-10-23-18-32-35-27(25(23)15-22)29-33-26-8-4-5-11-31-28(26)34-29/h4-5,8-15,20,30-32H,2-3,6-7,16-18H2,1H3,(H,33,34). The Morgan fingerprint density at radius 3 is 2.86 bits per heavy atom. The number of aryl methyl sites for hydroxylation is 1. The van der Waals surface area contributed by atoms with Crippen LogP contribution in [-0.4, -0.2) is 22.2 Å². The van der Waals surface area contributed by atoms with Crippen LogP contribution in [0, 0.1) is 12.8 Å². The molecule has 0 atom stereocenters. The number of benzene rings is 2. The average Bonchev–Trinajstić information content (AvgIpc) is 3.48. The number of hydrazone groups is 1. The van der Waals surface area contributed by atoms with Gasteiger partial charge in [-0.15, -0.1) is 0 Å². The molecule has 3 aromatic rings. The lowest BCUT2D eigenvalue weighted by atomic mass is 9.93. The summed E-state index contributed by atoms with van der Waals surface area (Å²) in [5.41, 5.74) is 12.4. The molecule has 6 nitrogen and oxygen atoms in total. The molecule has 3 heterocycles. The van der Waals surface area contributed by atoms with E-state index in [1.807, 2.05) is 24.4 Å². The second kappa shape index (κ2) is 9.55. The van der Waals surface area contributed by atoms with Gasteiger partial charge >= 0.3 is 0 Å². The topological polar surface area (TPSA) is 77.1 Å². The highest BCUT2D eigenvalue weighted by Gasteiger charge is 2.21. The minimum Gasteiger partial charge on any atom is -0.345 e. The molecule has 0 radical (unpaired) electrons. The molecule has 0 saturated heterocycles. The van der Waals surface area contributed by atoms with Crippen molar-refractivity contribution in [3.05, 3.63) is 88.5 Å². The van der Waals surface area contributed by atoms with Gasteiger partial charge in [-0.3, -0.25) is 0 Å². The van der Waals surface area contributed by atoms with Gasteiger partial charge in [-0.25, -0.2) is 4.98 Å². The molecule has 1 fully saturated rings. The Morgan fingerprint density at radius 2 is 1.94 bits per heavy atom. The third kappa shape index (κ3) is 4.66. The SMILES string of the molecule is Cc1cc(CNCC2CCCC2)cc(-c2ccc3c(c2)C(c2nc4c([nH]2)C=CC=CN4)=NNC3)c1. The second-order valence-corrected chi connectivity index (χ2v) is 9.87. The zero-order valence-corrected chi connectivity index (χ0v) is 20.2. The average molecular weight is 465 g/mol. The van der Waals surface area contributed by atoms with Crippen molar-refractivity contribution < 1.29 is 0 Å². The van der Waals surface area contributed by atoms with Crippen LogP contribution in [0.1, 0.15) is 59.5 Å². The first kappa shape index (κ1) is 21.9. The zero-order valence-electron chi connectivity index (χ0n) is 20.2. The van der Waals surface area contributed by atoms with Crippen LogP contribution in [-0.2, 0) is 13.1 Å². The molecular formula is C29H32N6. The molecule has 0 bridgehead atoms. The highest BCUT2D eigenvalue weighted by Crippen LogP contribution is 2.29. The molecule has 6 rings (SSSR count). The molecule has 4 N–H and O–H groups in total. The van der Waals surface area contributed by atoms with Crippen LogP contribution in [0.5, 0.6) is 0 Å². The van der Waals surface area contributed by atoms with Crippen LogP contribution in [0.2, 0.25) is 0 Å². The summed E-state index contributed by atoms with van der Waals surface area (Å²) in [6.45, 7) is 4.94. The lowest BCUT2D eigenvalue weighted by Gasteiger charge is -2.18. The number of aromatic amines is 1. The molecule has 178 valence electrons. The highest BCUT2D eigenvalue weighted by atomic mass is 15.3. The lowest BCUT2D eigenvalue weighted by molar-refractivity contribution is 0.489. The zero-order chi connectivity index (χ0) is 23.6. The van der Waals surface area contributed by atoms with Crippen molar-refractivity contribution in [1.29, 1.82) is 0 Å². The summed E-state index contributed by atoms with van der Waals surface area (Å²) in [6.07, 6.45) is 13.4. The van der Waals surface area contributed by atoms with E-state index in [4.69, 9.17) is 4.98 Å². The number of hydrogen-bond donors (Lipinski definition) is 4. The van der Waals surface area contributed by atoms with Crippen LogP contribution >= 0.6 is 0 Å². The number of H-pyrrole nitrogens is 1. The first-order valence-electron chi connectivity index (χ1n) is 12.7. The third-order valence-corrected chi connectivity index (χ3v) is 7.18. The predicted molar refractivity (Wildman–Crippen MR) is 143 cm³/mol. The van der Waals surface area contributed by atoms with Gasteiger partial charge in [0.05, 0.1) is 12.2 Å². The van der Waals surface area contributed by atoms with E-state index in [1.165, 1.54) is 53.5 Å². The van der Waals surface area contributed by atoms with Crippen molar-refractivity contribution in [2.75, 3.05) is 11.9 Å². The number of allylic oxidation sites excluding steroid dienone is 2. The van der Waals surface area contributed by atoms with Gasteiger partial charge in [0.1, 0.15) is 5.71 Å². The van der Waals surface area contributed by atoms with Crippen LogP contribution < -0.4 is 16.1 Å². The number of imidazole rings is 1. The minimum absolute atomic E-state index is 0.713. The number of nitrogens with one attached hydrogen (secondary N) is 4. The summed E-state index contributed by atoms with van der Waals surface area (Å²) >= 11 is 0. The number of aromatic nitrogens is 2. The van der Waals surface area contributed by atoms with E-state index >= 15 is 0 Å². The van der Waals surface area contributed by atoms with E-state index in [2.05, 4.69) is 69.5 Å². The number of nitrogens with zero attached hydrogens (tertiary/aromatic N) is 2. The van der Waals surface area contributed by atoms with Crippen LogP contribution in [0.4, 0.5) is 5.82 Å². The Balaban J connectivity index is 1.27. The van der Waals surface area contributed by atoms with E-state index in [-0.39, 0.29) is 0 Å². The molecule has 0 spiro atoms. The second-order valence-electron chi connectivity index (χ2n) is 9.87. The van der Waals surface area contributed by atoms with E-state index in [0.29, 0.717) is 6.54 Å². The molecule has 0 amide bonds. The smallest absolute Gasteiger partial charge is 0.161 e. The number of anilines is 1. The van der Waals surface area contributed by atoms with Crippen molar-refractivity contribution in [2.45, 2.75) is 45.7 Å². The van der Waals surface area contributed by atoms with Crippen molar-refractivity contribution >= 4 is 17.6 Å². The van der Waals surface area contributed by atoms with E-state index in [0.717, 1.165) is 47.6 Å². The first-order chi connectivity index (χ1) is 17.2. The monoisotopic (exact) mass is 464 g/mol. The van der Waals surface area contributed by atoms with Gasteiger partial charge < -0.3 is 21.0 Å². The normalized spacial score (nSPS) is 16.8. The van der Waals surface area contributed by atoms with Gasteiger partial charge in [-0.05, 0) is 78.8 Å². The Kier molecular flexibility index (Phi) is 5.96. The molecule has 6 heteroatoms. The Hall–Kier alpha value is -3.64. The minimum atomic E-state index is 0.713. The maximum absolute atomic E-state index is 4.78. The fourth-order valence-electron chi connectivity index (χ4n) is 5.41. The van der Waals surface area contributed by atoms with E-state index in [9.17, 15) is 0 Å². The molecule has 1 aliphatic carbocycles. The number of hydrogen-bond acceptors (Lipinski definition) is 5. The van der Waals surface area contributed by atoms with Crippen molar-refractivity contribution in [2.24, 2.45) is 11.0 Å². The van der Waals surface area contributed by atoms with Gasteiger partial charge in [-0.1, -0.05) is 48.7 Å². The molecule has 2 aromatic carbocycles. The molecular weight excluding hydrogens is 432 g/mol. The summed E-state index contributed by atoms with van der Waals surface area (Å²) < 4.78 is 0. The number of rotatable bonds is 6. The van der Waals surface area contributed by atoms with Gasteiger partial charge in [0, 0.05) is 18.3 Å². The quantitative estimate of drug-likeness (QED) is 0.390. The van der Waals surface area contributed by atoms with Gasteiger partial charge in [0.15, 0.2) is 11.6 Å². The fraction of sp³-hybridized carbons (Fsp3) is 0.310. The molecule has 3 aliphatic rings. The summed E-state index contributed by atoms with van der Waals surface area (Å²) in [5.74, 6) is 2.42. The number of fused-ring (bicyclic) bond motifs is 2. The fourth-order valence-corrected chi connectivity index (χ4v) is 5.41. The van der Waals surface area contributed by atoms with Crippen LogP contribution in [0.25, 0.3) is 17.2 Å². The first-order valence-corrected chi connectivity index (χ1v) is 12.7. The summed E-state index contributed by atoms with van der Waals surface area (Å²) in [5, 5.41) is 11.6. The largest absolute Gasteiger partial charge is 0.345 e. The van der Waals surface area contributed by atoms with Crippen molar-refractivity contribution in [3.63, 3.8) is 0 Å². The maximum Gasteiger partial charge on any atom is 0.161 e. The Bertz CT molecular complexity index is 1320. The highest BCUT2D eigenvalue weighted by molar-refractivity contribution is 6.13. The van der Waals surface area contributed by atoms with Crippen LogP contribution in [0.15, 0.2) is 59.9 Å².